The number of nitrogens with two attached hydrogens (primary N) is 1. The van der Waals surface area contributed by atoms with E-state index >= 15 is 0 Å². The van der Waals surface area contributed by atoms with Crippen LogP contribution >= 0.6 is 0 Å². The first-order valence-corrected chi connectivity index (χ1v) is 9.65. The molecule has 0 aliphatic carbocycles. The minimum Gasteiger partial charge on any atom is -0.476 e. The summed E-state index contributed by atoms with van der Waals surface area (Å²) in [5.41, 5.74) is 9.32. The number of likely N-dealkylation sites (N-methyl/N-ethyl adjacent to an activating group) is 1. The summed E-state index contributed by atoms with van der Waals surface area (Å²) >= 11 is 0. The summed E-state index contributed by atoms with van der Waals surface area (Å²) in [5.74, 6) is 1.09. The normalized spacial score (nSPS) is 13.4. The van der Waals surface area contributed by atoms with Crippen molar-refractivity contribution in [3.63, 3.8) is 0 Å². The molecule has 0 aliphatic heterocycles. The maximum Gasteiger partial charge on any atom is 0.223 e. The minimum absolute atomic E-state index is 0.189. The lowest BCUT2D eigenvalue weighted by atomic mass is 9.90. The highest BCUT2D eigenvalue weighted by Crippen LogP contribution is 2.33. The van der Waals surface area contributed by atoms with Crippen LogP contribution in [0, 0.1) is 0 Å². The predicted octanol–water partition coefficient (Wildman–Crippen LogP) is 3.93. The molecular formula is C21H32N4O. The highest BCUT2D eigenvalue weighted by molar-refractivity contribution is 5.42. The SMILES string of the molecule is CCCC(COc1nc(N)nc(C(CC)c2ccccc2)c1CC)NC. The van der Waals surface area contributed by atoms with E-state index in [1.165, 1.54) is 5.56 Å². The molecule has 2 rings (SSSR count). The van der Waals surface area contributed by atoms with Crippen molar-refractivity contribution >= 4 is 5.95 Å². The summed E-state index contributed by atoms with van der Waals surface area (Å²) in [6.07, 6.45) is 3.93. The number of benzene rings is 1. The molecule has 2 aromatic rings. The molecule has 0 fully saturated rings. The van der Waals surface area contributed by atoms with Crippen molar-refractivity contribution in [1.29, 1.82) is 0 Å². The van der Waals surface area contributed by atoms with Gasteiger partial charge in [0.1, 0.15) is 6.61 Å². The molecule has 2 unspecified atom stereocenters. The second-order valence-corrected chi connectivity index (χ2v) is 6.56. The summed E-state index contributed by atoms with van der Waals surface area (Å²) in [4.78, 5) is 9.00. The van der Waals surface area contributed by atoms with Gasteiger partial charge in [-0.3, -0.25) is 0 Å². The van der Waals surface area contributed by atoms with Gasteiger partial charge in [0.2, 0.25) is 11.8 Å². The molecule has 0 spiro atoms. The molecule has 26 heavy (non-hydrogen) atoms. The quantitative estimate of drug-likeness (QED) is 0.675. The molecule has 0 aliphatic rings. The van der Waals surface area contributed by atoms with Crippen LogP contribution in [0.4, 0.5) is 5.95 Å². The fourth-order valence-corrected chi connectivity index (χ4v) is 3.35. The molecule has 0 bridgehead atoms. The summed E-state index contributed by atoms with van der Waals surface area (Å²) < 4.78 is 6.09. The maximum absolute atomic E-state index is 6.09. The van der Waals surface area contributed by atoms with Crippen molar-refractivity contribution in [3.8, 4) is 5.88 Å². The second kappa shape index (κ2) is 10.1. The monoisotopic (exact) mass is 356 g/mol. The van der Waals surface area contributed by atoms with E-state index in [1.54, 1.807) is 0 Å². The van der Waals surface area contributed by atoms with E-state index in [4.69, 9.17) is 10.5 Å². The Morgan fingerprint density at radius 2 is 1.85 bits per heavy atom. The number of hydrogen-bond donors (Lipinski definition) is 2. The number of rotatable bonds is 10. The van der Waals surface area contributed by atoms with Crippen LogP contribution in [0.2, 0.25) is 0 Å². The van der Waals surface area contributed by atoms with E-state index in [9.17, 15) is 0 Å². The van der Waals surface area contributed by atoms with Gasteiger partial charge in [-0.05, 0) is 31.9 Å². The van der Waals surface area contributed by atoms with Crippen molar-refractivity contribution in [1.82, 2.24) is 15.3 Å². The Hall–Kier alpha value is -2.14. The molecule has 1 aromatic carbocycles. The van der Waals surface area contributed by atoms with E-state index in [-0.39, 0.29) is 11.9 Å². The molecule has 1 heterocycles. The first-order chi connectivity index (χ1) is 12.6. The molecule has 3 N–H and O–H groups in total. The number of nitrogens with one attached hydrogen (secondary N) is 1. The van der Waals surface area contributed by atoms with Crippen molar-refractivity contribution in [2.45, 2.75) is 58.4 Å². The van der Waals surface area contributed by atoms with E-state index in [0.717, 1.165) is 36.9 Å². The fraction of sp³-hybridized carbons (Fsp3) is 0.524. The Labute approximate surface area is 157 Å². The third kappa shape index (κ3) is 4.94. The number of aromatic nitrogens is 2. The molecular weight excluding hydrogens is 324 g/mol. The highest BCUT2D eigenvalue weighted by atomic mass is 16.5. The van der Waals surface area contributed by atoms with Gasteiger partial charge in [0, 0.05) is 17.5 Å². The number of hydrogen-bond acceptors (Lipinski definition) is 5. The topological polar surface area (TPSA) is 73.1 Å². The zero-order valence-corrected chi connectivity index (χ0v) is 16.5. The average Bonchev–Trinajstić information content (AvgIpc) is 2.66. The van der Waals surface area contributed by atoms with Crippen LogP contribution in [0.1, 0.15) is 62.8 Å². The molecule has 0 amide bonds. The van der Waals surface area contributed by atoms with Crippen LogP contribution in [-0.4, -0.2) is 29.7 Å². The molecule has 5 nitrogen and oxygen atoms in total. The Morgan fingerprint density at radius 1 is 1.12 bits per heavy atom. The Morgan fingerprint density at radius 3 is 2.42 bits per heavy atom. The molecule has 0 saturated heterocycles. The van der Waals surface area contributed by atoms with E-state index in [2.05, 4.69) is 60.3 Å². The smallest absolute Gasteiger partial charge is 0.223 e. The van der Waals surface area contributed by atoms with Crippen LogP contribution in [0.15, 0.2) is 30.3 Å². The van der Waals surface area contributed by atoms with E-state index < -0.39 is 0 Å². The van der Waals surface area contributed by atoms with Crippen molar-refractivity contribution in [3.05, 3.63) is 47.2 Å². The average molecular weight is 357 g/mol. The third-order valence-corrected chi connectivity index (χ3v) is 4.78. The molecule has 0 radical (unpaired) electrons. The Balaban J connectivity index is 2.36. The van der Waals surface area contributed by atoms with Gasteiger partial charge in [-0.2, -0.15) is 4.98 Å². The van der Waals surface area contributed by atoms with Crippen molar-refractivity contribution < 1.29 is 4.74 Å². The van der Waals surface area contributed by atoms with Gasteiger partial charge in [0.25, 0.3) is 0 Å². The summed E-state index contributed by atoms with van der Waals surface area (Å²) in [6.45, 7) is 7.04. The van der Waals surface area contributed by atoms with Gasteiger partial charge < -0.3 is 15.8 Å². The van der Waals surface area contributed by atoms with Crippen LogP contribution in [-0.2, 0) is 6.42 Å². The van der Waals surface area contributed by atoms with Gasteiger partial charge in [-0.25, -0.2) is 4.98 Å². The van der Waals surface area contributed by atoms with E-state index in [0.29, 0.717) is 18.5 Å². The zero-order chi connectivity index (χ0) is 18.9. The first-order valence-electron chi connectivity index (χ1n) is 9.65. The van der Waals surface area contributed by atoms with Crippen molar-refractivity contribution in [2.24, 2.45) is 0 Å². The number of ether oxygens (including phenoxy) is 1. The minimum atomic E-state index is 0.189. The Bertz CT molecular complexity index is 675. The summed E-state index contributed by atoms with van der Waals surface area (Å²) in [5, 5.41) is 3.30. The lowest BCUT2D eigenvalue weighted by Gasteiger charge is -2.22. The maximum atomic E-state index is 6.09. The Kier molecular flexibility index (Phi) is 7.85. The molecule has 142 valence electrons. The molecule has 0 saturated carbocycles. The summed E-state index contributed by atoms with van der Waals surface area (Å²) in [6, 6.07) is 10.8. The fourth-order valence-electron chi connectivity index (χ4n) is 3.35. The van der Waals surface area contributed by atoms with Gasteiger partial charge in [0.15, 0.2) is 0 Å². The van der Waals surface area contributed by atoms with Crippen molar-refractivity contribution in [2.75, 3.05) is 19.4 Å². The van der Waals surface area contributed by atoms with Crippen LogP contribution in [0.25, 0.3) is 0 Å². The van der Waals surface area contributed by atoms with Crippen LogP contribution in [0.5, 0.6) is 5.88 Å². The number of nitrogens with zero attached hydrogens (tertiary/aromatic N) is 2. The van der Waals surface area contributed by atoms with Gasteiger partial charge in [-0.1, -0.05) is 57.5 Å². The standard InChI is InChI=1S/C21H32N4O/c1-5-11-16(23-4)14-26-20-18(7-3)19(24-21(22)25-20)17(6-2)15-12-9-8-10-13-15/h8-10,12-13,16-17,23H,5-7,11,14H2,1-4H3,(H2,22,24,25). The second-order valence-electron chi connectivity index (χ2n) is 6.56. The number of nitrogen functional groups attached to an aromatic ring is 1. The van der Waals surface area contributed by atoms with Gasteiger partial charge >= 0.3 is 0 Å². The first kappa shape index (κ1) is 20.2. The van der Waals surface area contributed by atoms with Gasteiger partial charge in [0.05, 0.1) is 5.69 Å². The largest absolute Gasteiger partial charge is 0.476 e. The van der Waals surface area contributed by atoms with Crippen LogP contribution < -0.4 is 15.8 Å². The molecule has 5 heteroatoms. The lowest BCUT2D eigenvalue weighted by Crippen LogP contribution is -2.32. The lowest BCUT2D eigenvalue weighted by molar-refractivity contribution is 0.251. The zero-order valence-electron chi connectivity index (χ0n) is 16.5. The van der Waals surface area contributed by atoms with Crippen LogP contribution in [0.3, 0.4) is 0 Å². The van der Waals surface area contributed by atoms with Gasteiger partial charge in [-0.15, -0.1) is 0 Å². The molecule has 1 aromatic heterocycles. The third-order valence-electron chi connectivity index (χ3n) is 4.78. The van der Waals surface area contributed by atoms with E-state index in [1.807, 2.05) is 13.1 Å². The number of anilines is 1. The summed E-state index contributed by atoms with van der Waals surface area (Å²) in [7, 11) is 1.96. The predicted molar refractivity (Wildman–Crippen MR) is 108 cm³/mol. The molecule has 2 atom stereocenters. The highest BCUT2D eigenvalue weighted by Gasteiger charge is 2.22.